The average Bonchev–Trinajstić information content (AvgIpc) is 2.48. The number of aryl methyl sites for hydroxylation is 1. The highest BCUT2D eigenvalue weighted by Crippen LogP contribution is 2.16. The highest BCUT2D eigenvalue weighted by Gasteiger charge is 2.13. The van der Waals surface area contributed by atoms with E-state index in [1.54, 1.807) is 6.07 Å². The van der Waals surface area contributed by atoms with Gasteiger partial charge in [-0.3, -0.25) is 14.9 Å². The zero-order valence-electron chi connectivity index (χ0n) is 11.9. The molecule has 2 rings (SSSR count). The van der Waals surface area contributed by atoms with Crippen LogP contribution in [0.3, 0.4) is 0 Å². The van der Waals surface area contributed by atoms with Crippen molar-refractivity contribution >= 4 is 17.2 Å². The van der Waals surface area contributed by atoms with E-state index in [9.17, 15) is 14.9 Å². The standard InChI is InChI=1S/C16H16N2O3/c1-12-6-8-14(9-7-12)17(2)11-16(19)13-4-3-5-15(10-13)18(20)21/h3-10H,11H2,1-2H3. The maximum atomic E-state index is 12.2. The van der Waals surface area contributed by atoms with Crippen LogP contribution in [0.2, 0.25) is 0 Å². The van der Waals surface area contributed by atoms with E-state index in [1.165, 1.54) is 18.2 Å². The predicted octanol–water partition coefficient (Wildman–Crippen LogP) is 3.22. The maximum Gasteiger partial charge on any atom is 0.270 e. The van der Waals surface area contributed by atoms with Crippen LogP contribution in [0.25, 0.3) is 0 Å². The van der Waals surface area contributed by atoms with Crippen molar-refractivity contribution < 1.29 is 9.72 Å². The summed E-state index contributed by atoms with van der Waals surface area (Å²) in [7, 11) is 1.82. The molecule has 0 N–H and O–H groups in total. The van der Waals surface area contributed by atoms with Gasteiger partial charge in [0.1, 0.15) is 0 Å². The topological polar surface area (TPSA) is 63.5 Å². The predicted molar refractivity (Wildman–Crippen MR) is 81.9 cm³/mol. The summed E-state index contributed by atoms with van der Waals surface area (Å²) in [5.74, 6) is -0.151. The molecule has 0 saturated carbocycles. The number of ketones is 1. The lowest BCUT2D eigenvalue weighted by Gasteiger charge is -2.18. The number of carbonyl (C=O) groups excluding carboxylic acids is 1. The van der Waals surface area contributed by atoms with Gasteiger partial charge in [0.25, 0.3) is 5.69 Å². The number of benzene rings is 2. The van der Waals surface area contributed by atoms with Crippen LogP contribution < -0.4 is 4.90 Å². The van der Waals surface area contributed by atoms with Crippen molar-refractivity contribution in [1.29, 1.82) is 0 Å². The van der Waals surface area contributed by atoms with Crippen LogP contribution >= 0.6 is 0 Å². The number of non-ortho nitro benzene ring substituents is 1. The molecule has 5 heteroatoms. The number of likely N-dealkylation sites (N-methyl/N-ethyl adjacent to an activating group) is 1. The van der Waals surface area contributed by atoms with Crippen molar-refractivity contribution in [1.82, 2.24) is 0 Å². The lowest BCUT2D eigenvalue weighted by molar-refractivity contribution is -0.384. The van der Waals surface area contributed by atoms with Crippen molar-refractivity contribution in [3.8, 4) is 0 Å². The Hall–Kier alpha value is -2.69. The summed E-state index contributed by atoms with van der Waals surface area (Å²) in [5.41, 5.74) is 2.36. The molecule has 5 nitrogen and oxygen atoms in total. The fourth-order valence-corrected chi connectivity index (χ4v) is 1.99. The quantitative estimate of drug-likeness (QED) is 0.480. The molecule has 0 spiro atoms. The zero-order chi connectivity index (χ0) is 15.4. The molecule has 0 bridgehead atoms. The fourth-order valence-electron chi connectivity index (χ4n) is 1.99. The summed E-state index contributed by atoms with van der Waals surface area (Å²) >= 11 is 0. The molecule has 0 atom stereocenters. The van der Waals surface area contributed by atoms with E-state index in [2.05, 4.69) is 0 Å². The van der Waals surface area contributed by atoms with Gasteiger partial charge in [0.15, 0.2) is 5.78 Å². The second-order valence-corrected chi connectivity index (χ2v) is 4.92. The lowest BCUT2D eigenvalue weighted by atomic mass is 10.1. The molecule has 2 aromatic carbocycles. The second-order valence-electron chi connectivity index (χ2n) is 4.92. The molecule has 0 saturated heterocycles. The first kappa shape index (κ1) is 14.7. The molecule has 2 aromatic rings. The Balaban J connectivity index is 2.12. The first-order valence-electron chi connectivity index (χ1n) is 6.53. The van der Waals surface area contributed by atoms with Gasteiger partial charge >= 0.3 is 0 Å². The molecule has 0 heterocycles. The van der Waals surface area contributed by atoms with Crippen molar-refractivity contribution in [3.63, 3.8) is 0 Å². The Morgan fingerprint density at radius 1 is 1.19 bits per heavy atom. The number of anilines is 1. The van der Waals surface area contributed by atoms with Crippen LogP contribution in [-0.2, 0) is 0 Å². The summed E-state index contributed by atoms with van der Waals surface area (Å²) < 4.78 is 0. The number of hydrogen-bond acceptors (Lipinski definition) is 4. The molecule has 0 amide bonds. The van der Waals surface area contributed by atoms with E-state index in [4.69, 9.17) is 0 Å². The van der Waals surface area contributed by atoms with Crippen LogP contribution in [-0.4, -0.2) is 24.3 Å². The number of nitrogens with zero attached hydrogens (tertiary/aromatic N) is 2. The van der Waals surface area contributed by atoms with Gasteiger partial charge in [0.2, 0.25) is 0 Å². The molecule has 0 aliphatic rings. The van der Waals surface area contributed by atoms with Gasteiger partial charge < -0.3 is 4.90 Å². The highest BCUT2D eigenvalue weighted by atomic mass is 16.6. The van der Waals surface area contributed by atoms with Gasteiger partial charge in [0.05, 0.1) is 11.5 Å². The summed E-state index contributed by atoms with van der Waals surface area (Å²) in [6.45, 7) is 2.17. The number of hydrogen-bond donors (Lipinski definition) is 0. The molecule has 0 unspecified atom stereocenters. The largest absolute Gasteiger partial charge is 0.367 e. The van der Waals surface area contributed by atoms with E-state index >= 15 is 0 Å². The minimum Gasteiger partial charge on any atom is -0.367 e. The first-order chi connectivity index (χ1) is 9.97. The third-order valence-corrected chi connectivity index (χ3v) is 3.23. The van der Waals surface area contributed by atoms with Crippen LogP contribution in [0, 0.1) is 17.0 Å². The Labute approximate surface area is 123 Å². The van der Waals surface area contributed by atoms with E-state index in [0.29, 0.717) is 5.56 Å². The normalized spacial score (nSPS) is 10.2. The third-order valence-electron chi connectivity index (χ3n) is 3.23. The van der Waals surface area contributed by atoms with Gasteiger partial charge in [-0.05, 0) is 19.1 Å². The molecule has 21 heavy (non-hydrogen) atoms. The summed E-state index contributed by atoms with van der Waals surface area (Å²) in [6, 6.07) is 13.6. The fraction of sp³-hybridized carbons (Fsp3) is 0.188. The van der Waals surface area contributed by atoms with Crippen molar-refractivity contribution in [2.24, 2.45) is 0 Å². The number of carbonyl (C=O) groups is 1. The van der Waals surface area contributed by atoms with E-state index in [1.807, 2.05) is 43.1 Å². The number of nitro benzene ring substituents is 1. The molecule has 108 valence electrons. The van der Waals surface area contributed by atoms with Gasteiger partial charge in [-0.25, -0.2) is 0 Å². The van der Waals surface area contributed by atoms with Gasteiger partial charge in [0, 0.05) is 30.4 Å². The monoisotopic (exact) mass is 284 g/mol. The summed E-state index contributed by atoms with van der Waals surface area (Å²) in [4.78, 5) is 24.3. The SMILES string of the molecule is Cc1ccc(N(C)CC(=O)c2cccc([N+](=O)[O-])c2)cc1. The minimum absolute atomic E-state index is 0.0705. The maximum absolute atomic E-state index is 12.2. The second kappa shape index (κ2) is 6.17. The number of nitro groups is 1. The summed E-state index contributed by atoms with van der Waals surface area (Å²) in [6.07, 6.45) is 0. The van der Waals surface area contributed by atoms with E-state index < -0.39 is 4.92 Å². The molecule has 0 aliphatic carbocycles. The molecule has 0 radical (unpaired) electrons. The number of Topliss-reactive ketones (excluding diaryl/α,β-unsaturated/α-hetero) is 1. The van der Waals surface area contributed by atoms with Gasteiger partial charge in [-0.15, -0.1) is 0 Å². The smallest absolute Gasteiger partial charge is 0.270 e. The Morgan fingerprint density at radius 2 is 1.86 bits per heavy atom. The van der Waals surface area contributed by atoms with Crippen LogP contribution in [0.5, 0.6) is 0 Å². The van der Waals surface area contributed by atoms with Gasteiger partial charge in [-0.1, -0.05) is 29.8 Å². The molecular formula is C16H16N2O3. The molecule has 0 fully saturated rings. The minimum atomic E-state index is -0.500. The van der Waals surface area contributed by atoms with Crippen molar-refractivity contribution in [2.75, 3.05) is 18.5 Å². The van der Waals surface area contributed by atoms with Crippen LogP contribution in [0.1, 0.15) is 15.9 Å². The zero-order valence-corrected chi connectivity index (χ0v) is 11.9. The van der Waals surface area contributed by atoms with Crippen molar-refractivity contribution in [3.05, 3.63) is 69.8 Å². The Morgan fingerprint density at radius 3 is 2.48 bits per heavy atom. The molecular weight excluding hydrogens is 268 g/mol. The number of rotatable bonds is 5. The van der Waals surface area contributed by atoms with E-state index in [0.717, 1.165) is 11.3 Å². The summed E-state index contributed by atoms with van der Waals surface area (Å²) in [5, 5.41) is 10.7. The molecule has 0 aliphatic heterocycles. The van der Waals surface area contributed by atoms with Gasteiger partial charge in [-0.2, -0.15) is 0 Å². The highest BCUT2D eigenvalue weighted by molar-refractivity contribution is 5.99. The molecule has 0 aromatic heterocycles. The van der Waals surface area contributed by atoms with E-state index in [-0.39, 0.29) is 18.0 Å². The van der Waals surface area contributed by atoms with Crippen molar-refractivity contribution in [2.45, 2.75) is 6.92 Å². The Bertz CT molecular complexity index is 665. The van der Waals surface area contributed by atoms with Crippen LogP contribution in [0.4, 0.5) is 11.4 Å². The average molecular weight is 284 g/mol. The lowest BCUT2D eigenvalue weighted by Crippen LogP contribution is -2.25. The first-order valence-corrected chi connectivity index (χ1v) is 6.53. The Kier molecular flexibility index (Phi) is 4.33. The third kappa shape index (κ3) is 3.66. The van der Waals surface area contributed by atoms with Crippen LogP contribution in [0.15, 0.2) is 48.5 Å².